The minimum atomic E-state index is -4.34. The number of hydrogen-bond acceptors (Lipinski definition) is 6. The molecule has 4 N–H and O–H groups in total. The Hall–Kier alpha value is -2.72. The lowest BCUT2D eigenvalue weighted by Gasteiger charge is -2.40. The van der Waals surface area contributed by atoms with Gasteiger partial charge in [-0.3, -0.25) is 19.2 Å². The molecule has 1 saturated heterocycles. The number of halogens is 4. The average Bonchev–Trinajstić information content (AvgIpc) is 2.74. The Bertz CT molecular complexity index is 972. The van der Waals surface area contributed by atoms with E-state index in [0.29, 0.717) is 35.3 Å². The highest BCUT2D eigenvalue weighted by atomic mass is 19.4. The van der Waals surface area contributed by atoms with Crippen molar-refractivity contribution in [3.05, 3.63) is 52.8 Å². The van der Waals surface area contributed by atoms with Crippen LogP contribution in [0.15, 0.2) is 30.5 Å². The minimum absolute atomic E-state index is 0.194. The van der Waals surface area contributed by atoms with Crippen LogP contribution in [-0.2, 0) is 6.42 Å². The maximum absolute atomic E-state index is 13.3. The van der Waals surface area contributed by atoms with E-state index in [1.165, 1.54) is 11.1 Å². The van der Waals surface area contributed by atoms with Crippen LogP contribution in [0, 0.1) is 5.41 Å². The highest BCUT2D eigenvalue weighted by molar-refractivity contribution is 5.88. The first kappa shape index (κ1) is 23.4. The normalized spacial score (nSPS) is 19.7. The summed E-state index contributed by atoms with van der Waals surface area (Å²) in [5, 5.41) is 11.1. The molecule has 0 spiro atoms. The molecule has 0 saturated carbocycles. The van der Waals surface area contributed by atoms with E-state index in [0.717, 1.165) is 30.9 Å². The van der Waals surface area contributed by atoms with Crippen LogP contribution in [-0.4, -0.2) is 72.6 Å². The number of nitrogens with two attached hydrogens (primary N) is 1. The van der Waals surface area contributed by atoms with Gasteiger partial charge in [0.15, 0.2) is 0 Å². The number of pyridine rings is 1. The van der Waals surface area contributed by atoms with Gasteiger partial charge in [-0.1, -0.05) is 6.07 Å². The molecule has 0 radical (unpaired) electrons. The van der Waals surface area contributed by atoms with Crippen LogP contribution in [0.5, 0.6) is 0 Å². The van der Waals surface area contributed by atoms with E-state index in [2.05, 4.69) is 15.2 Å². The molecule has 178 valence electrons. The third-order valence-corrected chi connectivity index (χ3v) is 6.26. The predicted octanol–water partition coefficient (Wildman–Crippen LogP) is 3.63. The number of alkyl halides is 4. The molecule has 2 aliphatic rings. The lowest BCUT2D eigenvalue weighted by atomic mass is 9.86. The highest BCUT2D eigenvalue weighted by Gasteiger charge is 2.38. The van der Waals surface area contributed by atoms with Crippen LogP contribution < -0.4 is 11.1 Å². The average molecular weight is 465 g/mol. The quantitative estimate of drug-likeness (QED) is 0.316. The third-order valence-electron chi connectivity index (χ3n) is 6.26. The molecule has 0 aliphatic carbocycles. The van der Waals surface area contributed by atoms with Crippen molar-refractivity contribution in [2.75, 3.05) is 50.4 Å². The van der Waals surface area contributed by atoms with Crippen molar-refractivity contribution in [1.82, 2.24) is 14.8 Å². The summed E-state index contributed by atoms with van der Waals surface area (Å²) in [7, 11) is 0. The van der Waals surface area contributed by atoms with Gasteiger partial charge >= 0.3 is 6.18 Å². The van der Waals surface area contributed by atoms with Crippen LogP contribution in [0.25, 0.3) is 0 Å². The number of rotatable bonds is 8. The molecule has 0 bridgehead atoms. The largest absolute Gasteiger partial charge is 0.401 e. The molecule has 1 unspecified atom stereocenters. The van der Waals surface area contributed by atoms with Gasteiger partial charge in [0.1, 0.15) is 0 Å². The number of likely N-dealkylation sites (tertiary alicyclic amines) is 1. The van der Waals surface area contributed by atoms with E-state index >= 15 is 0 Å². The van der Waals surface area contributed by atoms with Gasteiger partial charge in [-0.15, -0.1) is 0 Å². The van der Waals surface area contributed by atoms with Gasteiger partial charge in [0, 0.05) is 43.6 Å². The number of nitrogen functional groups attached to an aromatic ring is 1. The first-order valence-electron chi connectivity index (χ1n) is 11.0. The SMILES string of the molecule is N=Cc1c(N)ccc2c1CCN(CC(F)(F)F)C2c1ccc(NC2CN(CCCF)C2)cn1. The Morgan fingerprint density at radius 2 is 2.00 bits per heavy atom. The second-order valence-corrected chi connectivity index (χ2v) is 8.63. The number of benzene rings is 1. The number of hydrogen-bond donors (Lipinski definition) is 3. The molecule has 1 aromatic carbocycles. The second kappa shape index (κ2) is 9.64. The smallest absolute Gasteiger partial charge is 0.398 e. The van der Waals surface area contributed by atoms with Crippen molar-refractivity contribution < 1.29 is 17.6 Å². The molecular formula is C23H28F4N6. The van der Waals surface area contributed by atoms with E-state index < -0.39 is 18.8 Å². The molecule has 10 heteroatoms. The van der Waals surface area contributed by atoms with Crippen molar-refractivity contribution in [2.45, 2.75) is 31.1 Å². The molecule has 33 heavy (non-hydrogen) atoms. The van der Waals surface area contributed by atoms with Crippen LogP contribution in [0.2, 0.25) is 0 Å². The summed E-state index contributed by atoms with van der Waals surface area (Å²) < 4.78 is 52.3. The molecular weight excluding hydrogens is 436 g/mol. The maximum Gasteiger partial charge on any atom is 0.401 e. The summed E-state index contributed by atoms with van der Waals surface area (Å²) in [5.41, 5.74) is 9.83. The Labute approximate surface area is 190 Å². The van der Waals surface area contributed by atoms with Gasteiger partial charge in [-0.25, -0.2) is 0 Å². The van der Waals surface area contributed by atoms with Gasteiger partial charge in [-0.2, -0.15) is 13.2 Å². The van der Waals surface area contributed by atoms with Gasteiger partial charge in [-0.05, 0) is 42.2 Å². The Balaban J connectivity index is 1.55. The fourth-order valence-corrected chi connectivity index (χ4v) is 4.75. The summed E-state index contributed by atoms with van der Waals surface area (Å²) in [6.45, 7) is 1.23. The Morgan fingerprint density at radius 1 is 1.21 bits per heavy atom. The van der Waals surface area contributed by atoms with Crippen LogP contribution in [0.1, 0.15) is 34.8 Å². The van der Waals surface area contributed by atoms with E-state index in [-0.39, 0.29) is 19.3 Å². The van der Waals surface area contributed by atoms with Gasteiger partial charge in [0.05, 0.1) is 42.9 Å². The molecule has 1 atom stereocenters. The van der Waals surface area contributed by atoms with Gasteiger partial charge in [0.2, 0.25) is 0 Å². The molecule has 0 amide bonds. The third kappa shape index (κ3) is 5.27. The summed E-state index contributed by atoms with van der Waals surface area (Å²) in [6, 6.07) is 6.55. The monoisotopic (exact) mass is 464 g/mol. The van der Waals surface area contributed by atoms with Gasteiger partial charge < -0.3 is 16.5 Å². The van der Waals surface area contributed by atoms with E-state index in [4.69, 9.17) is 11.1 Å². The highest BCUT2D eigenvalue weighted by Crippen LogP contribution is 2.38. The molecule has 6 nitrogen and oxygen atoms in total. The number of nitrogens with zero attached hydrogens (tertiary/aromatic N) is 3. The summed E-state index contributed by atoms with van der Waals surface area (Å²) in [6.07, 6.45) is -0.605. The van der Waals surface area contributed by atoms with E-state index in [1.54, 1.807) is 24.4 Å². The van der Waals surface area contributed by atoms with E-state index in [1.807, 2.05) is 6.07 Å². The lowest BCUT2D eigenvalue weighted by molar-refractivity contribution is -0.150. The fourth-order valence-electron chi connectivity index (χ4n) is 4.75. The summed E-state index contributed by atoms with van der Waals surface area (Å²) in [5.74, 6) is 0. The Morgan fingerprint density at radius 3 is 2.64 bits per heavy atom. The molecule has 3 heterocycles. The minimum Gasteiger partial charge on any atom is -0.398 e. The van der Waals surface area contributed by atoms with E-state index in [9.17, 15) is 17.6 Å². The first-order valence-corrected chi connectivity index (χ1v) is 11.0. The molecule has 1 fully saturated rings. The number of anilines is 2. The van der Waals surface area contributed by atoms with Crippen molar-refractivity contribution in [3.8, 4) is 0 Å². The Kier molecular flexibility index (Phi) is 6.85. The summed E-state index contributed by atoms with van der Waals surface area (Å²) >= 11 is 0. The zero-order valence-electron chi connectivity index (χ0n) is 18.2. The van der Waals surface area contributed by atoms with Crippen molar-refractivity contribution in [1.29, 1.82) is 5.41 Å². The fraction of sp³-hybridized carbons (Fsp3) is 0.478. The first-order chi connectivity index (χ1) is 15.8. The number of fused-ring (bicyclic) bond motifs is 1. The molecule has 1 aromatic heterocycles. The number of nitrogens with one attached hydrogen (secondary N) is 2. The van der Waals surface area contributed by atoms with Crippen LogP contribution in [0.4, 0.5) is 28.9 Å². The summed E-state index contributed by atoms with van der Waals surface area (Å²) in [4.78, 5) is 8.07. The zero-order chi connectivity index (χ0) is 23.6. The molecule has 2 aliphatic heterocycles. The maximum atomic E-state index is 13.3. The van der Waals surface area contributed by atoms with Crippen molar-refractivity contribution >= 4 is 17.6 Å². The second-order valence-electron chi connectivity index (χ2n) is 8.63. The predicted molar refractivity (Wildman–Crippen MR) is 121 cm³/mol. The molecule has 2 aromatic rings. The zero-order valence-corrected chi connectivity index (χ0v) is 18.2. The van der Waals surface area contributed by atoms with Gasteiger partial charge in [0.25, 0.3) is 0 Å². The van der Waals surface area contributed by atoms with Crippen LogP contribution in [0.3, 0.4) is 0 Å². The van der Waals surface area contributed by atoms with Crippen LogP contribution >= 0.6 is 0 Å². The number of aromatic nitrogens is 1. The van der Waals surface area contributed by atoms with Crippen molar-refractivity contribution in [2.24, 2.45) is 0 Å². The topological polar surface area (TPSA) is 81.3 Å². The van der Waals surface area contributed by atoms with Crippen molar-refractivity contribution in [3.63, 3.8) is 0 Å². The lowest BCUT2D eigenvalue weighted by Crippen LogP contribution is -2.54. The standard InChI is InChI=1S/C23H28F4N6/c24-7-1-8-32-12-16(13-32)31-15-2-5-21(30-11-15)22-18-3-4-20(29)19(10-28)17(18)6-9-33(22)14-23(25,26)27/h2-5,10-11,16,22,28,31H,1,6-9,12-14,29H2. The molecule has 4 rings (SSSR count).